The number of unbranched alkanes of at least 4 members (excludes halogenated alkanes) is 4. The summed E-state index contributed by atoms with van der Waals surface area (Å²) in [6.07, 6.45) is 10.5. The highest BCUT2D eigenvalue weighted by Gasteiger charge is 2.18. The van der Waals surface area contributed by atoms with E-state index in [0.29, 0.717) is 6.42 Å². The van der Waals surface area contributed by atoms with E-state index < -0.39 is 10.1 Å². The third-order valence-electron chi connectivity index (χ3n) is 4.25. The second-order valence-corrected chi connectivity index (χ2v) is 7.76. The van der Waals surface area contributed by atoms with E-state index in [9.17, 15) is 13.0 Å². The van der Waals surface area contributed by atoms with Gasteiger partial charge in [-0.1, -0.05) is 65.4 Å². The van der Waals surface area contributed by atoms with Crippen molar-refractivity contribution in [2.24, 2.45) is 0 Å². The second kappa shape index (κ2) is 10.1. The summed E-state index contributed by atoms with van der Waals surface area (Å²) in [6.45, 7) is 6.33. The molecule has 1 aromatic rings. The molecule has 0 unspecified atom stereocenters. The van der Waals surface area contributed by atoms with Gasteiger partial charge in [0.05, 0.1) is 4.90 Å². The van der Waals surface area contributed by atoms with Crippen molar-refractivity contribution in [1.29, 1.82) is 0 Å². The number of hydrogen-bond acceptors (Lipinski definition) is 2. The summed E-state index contributed by atoms with van der Waals surface area (Å²) in [4.78, 5) is 0.109. The first-order chi connectivity index (χ1) is 10.9. The highest BCUT2D eigenvalue weighted by atomic mass is 32.2. The normalized spacial score (nSPS) is 11.8. The Balaban J connectivity index is 3.04. The molecular weight excluding hydrogens is 308 g/mol. The Morgan fingerprint density at radius 2 is 1.30 bits per heavy atom. The lowest BCUT2D eigenvalue weighted by molar-refractivity contribution is 0.481. The summed E-state index contributed by atoms with van der Waals surface area (Å²) >= 11 is 0. The first-order valence-electron chi connectivity index (χ1n) is 9.06. The average Bonchev–Trinajstić information content (AvgIpc) is 2.48. The zero-order chi connectivity index (χ0) is 17.3. The second-order valence-electron chi connectivity index (χ2n) is 6.37. The predicted octanol–water partition coefficient (Wildman–Crippen LogP) is 5.35. The number of rotatable bonds is 11. The Kier molecular flexibility index (Phi) is 8.85. The Morgan fingerprint density at radius 1 is 0.739 bits per heavy atom. The number of benzene rings is 1. The largest absolute Gasteiger partial charge is 0.294 e. The van der Waals surface area contributed by atoms with E-state index >= 15 is 0 Å². The van der Waals surface area contributed by atoms with Crippen molar-refractivity contribution in [2.75, 3.05) is 0 Å². The number of hydrogen-bond donors (Lipinski definition) is 1. The smallest absolute Gasteiger partial charge is 0.282 e. The van der Waals surface area contributed by atoms with Crippen molar-refractivity contribution in [3.05, 3.63) is 28.8 Å². The van der Waals surface area contributed by atoms with Crippen molar-refractivity contribution in [3.63, 3.8) is 0 Å². The molecule has 0 aromatic heterocycles. The fraction of sp³-hybridized carbons (Fsp3) is 0.684. The average molecular weight is 341 g/mol. The van der Waals surface area contributed by atoms with Crippen LogP contribution in [0.15, 0.2) is 17.0 Å². The van der Waals surface area contributed by atoms with E-state index in [1.54, 1.807) is 6.07 Å². The maximum absolute atomic E-state index is 11.7. The van der Waals surface area contributed by atoms with Gasteiger partial charge in [0.25, 0.3) is 10.1 Å². The SMILES string of the molecule is CCCCCCCc1cc(CCC)c(S(=O)(=O)O)cc1CCC. The van der Waals surface area contributed by atoms with Crippen molar-refractivity contribution < 1.29 is 13.0 Å². The molecule has 23 heavy (non-hydrogen) atoms. The van der Waals surface area contributed by atoms with E-state index in [0.717, 1.165) is 43.2 Å². The molecule has 0 atom stereocenters. The van der Waals surface area contributed by atoms with Crippen LogP contribution >= 0.6 is 0 Å². The molecule has 0 spiro atoms. The summed E-state index contributed by atoms with van der Waals surface area (Å²) in [7, 11) is -4.15. The van der Waals surface area contributed by atoms with Gasteiger partial charge in [-0.2, -0.15) is 8.42 Å². The quantitative estimate of drug-likeness (QED) is 0.436. The fourth-order valence-electron chi connectivity index (χ4n) is 3.08. The summed E-state index contributed by atoms with van der Waals surface area (Å²) in [5.41, 5.74) is 3.10. The van der Waals surface area contributed by atoms with Crippen LogP contribution in [0, 0.1) is 0 Å². The van der Waals surface area contributed by atoms with Crippen molar-refractivity contribution in [2.45, 2.75) is 89.9 Å². The zero-order valence-electron chi connectivity index (χ0n) is 14.9. The molecule has 0 fully saturated rings. The summed E-state index contributed by atoms with van der Waals surface area (Å²) in [6, 6.07) is 3.74. The lowest BCUT2D eigenvalue weighted by Crippen LogP contribution is -2.07. The van der Waals surface area contributed by atoms with Crippen LogP contribution in [0.4, 0.5) is 0 Å². The van der Waals surface area contributed by atoms with E-state index in [1.165, 1.54) is 31.2 Å². The summed E-state index contributed by atoms with van der Waals surface area (Å²) in [5, 5.41) is 0. The van der Waals surface area contributed by atoms with Gasteiger partial charge < -0.3 is 0 Å². The van der Waals surface area contributed by atoms with Crippen LogP contribution in [0.2, 0.25) is 0 Å². The van der Waals surface area contributed by atoms with Gasteiger partial charge in [0.1, 0.15) is 0 Å². The monoisotopic (exact) mass is 340 g/mol. The van der Waals surface area contributed by atoms with Crippen LogP contribution in [0.3, 0.4) is 0 Å². The van der Waals surface area contributed by atoms with E-state index in [1.807, 2.05) is 13.0 Å². The van der Waals surface area contributed by atoms with Gasteiger partial charge >= 0.3 is 0 Å². The van der Waals surface area contributed by atoms with Gasteiger partial charge in [-0.3, -0.25) is 4.55 Å². The van der Waals surface area contributed by atoms with Crippen LogP contribution in [-0.4, -0.2) is 13.0 Å². The molecule has 1 aromatic carbocycles. The fourth-order valence-corrected chi connectivity index (χ4v) is 3.86. The molecule has 0 amide bonds. The van der Waals surface area contributed by atoms with Crippen molar-refractivity contribution in [3.8, 4) is 0 Å². The third kappa shape index (κ3) is 6.64. The molecule has 4 heteroatoms. The summed E-state index contributed by atoms with van der Waals surface area (Å²) in [5.74, 6) is 0. The van der Waals surface area contributed by atoms with Gasteiger partial charge in [-0.25, -0.2) is 0 Å². The van der Waals surface area contributed by atoms with Crippen LogP contribution < -0.4 is 0 Å². The molecular formula is C19H32O3S. The van der Waals surface area contributed by atoms with E-state index in [4.69, 9.17) is 0 Å². The van der Waals surface area contributed by atoms with Gasteiger partial charge in [0.2, 0.25) is 0 Å². The summed E-state index contributed by atoms with van der Waals surface area (Å²) < 4.78 is 32.9. The highest BCUT2D eigenvalue weighted by Crippen LogP contribution is 2.25. The molecule has 0 radical (unpaired) electrons. The van der Waals surface area contributed by atoms with Crippen LogP contribution in [-0.2, 0) is 29.4 Å². The Bertz CT molecular complexity index is 577. The first kappa shape index (κ1) is 20.2. The van der Waals surface area contributed by atoms with Gasteiger partial charge in [-0.15, -0.1) is 0 Å². The van der Waals surface area contributed by atoms with Crippen molar-refractivity contribution >= 4 is 10.1 Å². The maximum atomic E-state index is 11.7. The highest BCUT2D eigenvalue weighted by molar-refractivity contribution is 7.85. The van der Waals surface area contributed by atoms with E-state index in [2.05, 4.69) is 13.8 Å². The standard InChI is InChI=1S/C19H32O3S/c1-4-7-8-9-10-13-17-14-18(12-6-3)19(23(20,21)22)15-16(17)11-5-2/h14-15H,4-13H2,1-3H3,(H,20,21,22). The van der Waals surface area contributed by atoms with Crippen molar-refractivity contribution in [1.82, 2.24) is 0 Å². The molecule has 0 saturated heterocycles. The lowest BCUT2D eigenvalue weighted by Gasteiger charge is -2.15. The van der Waals surface area contributed by atoms with E-state index in [-0.39, 0.29) is 4.90 Å². The molecule has 0 aliphatic rings. The Labute approximate surface area is 142 Å². The Morgan fingerprint density at radius 3 is 1.87 bits per heavy atom. The lowest BCUT2D eigenvalue weighted by atomic mass is 9.94. The Hall–Kier alpha value is -0.870. The van der Waals surface area contributed by atoms with Gasteiger partial charge in [0, 0.05) is 0 Å². The number of aryl methyl sites for hydroxylation is 3. The molecule has 132 valence electrons. The molecule has 1 rings (SSSR count). The van der Waals surface area contributed by atoms with Crippen LogP contribution in [0.25, 0.3) is 0 Å². The molecule has 0 heterocycles. The molecule has 0 aliphatic heterocycles. The van der Waals surface area contributed by atoms with Gasteiger partial charge in [-0.05, 0) is 48.4 Å². The molecule has 0 saturated carbocycles. The van der Waals surface area contributed by atoms with Crippen LogP contribution in [0.1, 0.15) is 82.4 Å². The third-order valence-corrected chi connectivity index (χ3v) is 5.18. The zero-order valence-corrected chi connectivity index (χ0v) is 15.7. The predicted molar refractivity (Wildman–Crippen MR) is 96.7 cm³/mol. The maximum Gasteiger partial charge on any atom is 0.294 e. The minimum atomic E-state index is -4.15. The molecule has 1 N–H and O–H groups in total. The minimum absolute atomic E-state index is 0.109. The molecule has 0 aliphatic carbocycles. The first-order valence-corrected chi connectivity index (χ1v) is 10.5. The molecule has 3 nitrogen and oxygen atoms in total. The van der Waals surface area contributed by atoms with Crippen LogP contribution in [0.5, 0.6) is 0 Å². The topological polar surface area (TPSA) is 54.4 Å². The molecule has 0 bridgehead atoms. The minimum Gasteiger partial charge on any atom is -0.282 e. The van der Waals surface area contributed by atoms with Gasteiger partial charge in [0.15, 0.2) is 0 Å².